The van der Waals surface area contributed by atoms with Crippen molar-refractivity contribution < 1.29 is 13.0 Å². The fourth-order valence-corrected chi connectivity index (χ4v) is 0. The molecule has 0 unspecified atom stereocenters. The first kappa shape index (κ1) is 10.2. The van der Waals surface area contributed by atoms with Gasteiger partial charge in [0.25, 0.3) is 0 Å². The molecular weight excluding hydrogens is 237 g/mol. The van der Waals surface area contributed by atoms with Gasteiger partial charge in [0.2, 0.25) is 0 Å². The van der Waals surface area contributed by atoms with E-state index in [2.05, 4.69) is 0 Å². The molecule has 41 valence electrons. The van der Waals surface area contributed by atoms with E-state index in [0.717, 1.165) is 0 Å². The zero-order valence-electron chi connectivity index (χ0n) is 2.34. The second-order valence-corrected chi connectivity index (χ2v) is 8.07. The Morgan fingerprint density at radius 1 is 1.17 bits per heavy atom. The van der Waals surface area contributed by atoms with Gasteiger partial charge in [0.15, 0.2) is 0 Å². The van der Waals surface area contributed by atoms with E-state index in [1.54, 1.807) is 0 Å². The molecule has 0 saturated carbocycles. The minimum Gasteiger partial charge on any atom is -0.577 e. The van der Waals surface area contributed by atoms with E-state index in [4.69, 9.17) is 39.6 Å². The Morgan fingerprint density at radius 2 is 1.17 bits per heavy atom. The fourth-order valence-electron chi connectivity index (χ4n) is 0. The molecule has 0 spiro atoms. The van der Waals surface area contributed by atoms with Gasteiger partial charge >= 0.3 is 42.1 Å². The van der Waals surface area contributed by atoms with E-state index in [1.165, 1.54) is 0 Å². The molecule has 0 aromatic carbocycles. The molecule has 0 radical (unpaired) electrons. The Morgan fingerprint density at radius 3 is 1.17 bits per heavy atom. The van der Waals surface area contributed by atoms with E-state index in [0.29, 0.717) is 0 Å². The molecule has 0 aliphatic heterocycles. The molecule has 0 aliphatic rings. The molecule has 0 atom stereocenters. The van der Waals surface area contributed by atoms with E-state index < -0.39 is 13.0 Å². The maximum absolute atomic E-state index is 7.25. The van der Waals surface area contributed by atoms with Gasteiger partial charge in [0.1, 0.15) is 0 Å². The Kier molecular flexibility index (Phi) is 16.0. The van der Waals surface area contributed by atoms with Crippen LogP contribution in [0.25, 0.3) is 5.59 Å². The van der Waals surface area contributed by atoms with Crippen LogP contribution in [0.2, 0.25) is 0 Å². The SMILES string of the molecule is [Cl][Ru]([Cl])[Cl].[N-]=O. The van der Waals surface area contributed by atoms with Gasteiger partial charge in [-0.15, -0.1) is 0 Å². The maximum Gasteiger partial charge on any atom is -0.423 e. The van der Waals surface area contributed by atoms with Crippen molar-refractivity contribution in [3.05, 3.63) is 10.5 Å². The molecular formula is Cl3NORu-. The standard InChI is InChI=1S/3ClH.NO.Ru/c;;;1-2;/h3*1H;;/q;;;-1;+3/p-3. The normalized spacial score (nSPS) is 8.17. The fraction of sp³-hybridized carbons (Fsp3) is 0. The van der Waals surface area contributed by atoms with Crippen LogP contribution in [0, 0.1) is 4.91 Å². The van der Waals surface area contributed by atoms with Gasteiger partial charge in [0.05, 0.1) is 0 Å². The smallest absolute Gasteiger partial charge is 0.423 e. The number of rotatable bonds is 0. The summed E-state index contributed by atoms with van der Waals surface area (Å²) in [6, 6.07) is 0. The number of hydrogen-bond acceptors (Lipinski definition) is 1. The van der Waals surface area contributed by atoms with Gasteiger partial charge in [-0.25, -0.2) is 0 Å². The molecule has 0 fully saturated rings. The third-order valence-corrected chi connectivity index (χ3v) is 0. The van der Waals surface area contributed by atoms with Crippen LogP contribution in [0.3, 0.4) is 0 Å². The average molecular weight is 237 g/mol. The molecule has 0 saturated heterocycles. The molecule has 0 rings (SSSR count). The molecule has 0 aliphatic carbocycles. The van der Waals surface area contributed by atoms with Crippen LogP contribution in [0.15, 0.2) is 0 Å². The summed E-state index contributed by atoms with van der Waals surface area (Å²) in [5.41, 5.74) is 5.75. The summed E-state index contributed by atoms with van der Waals surface area (Å²) in [7, 11) is 14.8. The van der Waals surface area contributed by atoms with Crippen molar-refractivity contribution in [2.24, 2.45) is 0 Å². The van der Waals surface area contributed by atoms with Gasteiger partial charge in [-0.2, -0.15) is 0 Å². The summed E-state index contributed by atoms with van der Waals surface area (Å²) >= 11 is -1.75. The zero-order chi connectivity index (χ0) is 5.58. The first-order valence-electron chi connectivity index (χ1n) is 0.583. The van der Waals surface area contributed by atoms with Crippen molar-refractivity contribution in [1.29, 1.82) is 0 Å². The van der Waals surface area contributed by atoms with Crippen LogP contribution in [0.4, 0.5) is 0 Å². The van der Waals surface area contributed by atoms with Gasteiger partial charge in [-0.3, -0.25) is 0 Å². The Bertz CT molecular complexity index is 22.0. The second kappa shape index (κ2) is 9.43. The number of nitroso groups, excluding NO2 is 1. The summed E-state index contributed by atoms with van der Waals surface area (Å²) in [5.74, 6) is 0. The van der Waals surface area contributed by atoms with Crippen LogP contribution in [0.5, 0.6) is 0 Å². The zero-order valence-corrected chi connectivity index (χ0v) is 6.35. The first-order valence-corrected chi connectivity index (χ1v) is 7.30. The quantitative estimate of drug-likeness (QED) is 0.596. The molecule has 0 N–H and O–H groups in total. The van der Waals surface area contributed by atoms with Crippen molar-refractivity contribution in [2.75, 3.05) is 0 Å². The summed E-state index contributed by atoms with van der Waals surface area (Å²) < 4.78 is 0. The Labute approximate surface area is 52.6 Å². The summed E-state index contributed by atoms with van der Waals surface area (Å²) in [6.07, 6.45) is 0. The van der Waals surface area contributed by atoms with E-state index in [1.807, 2.05) is 0 Å². The van der Waals surface area contributed by atoms with Crippen LogP contribution in [0.1, 0.15) is 0 Å². The predicted molar refractivity (Wildman–Crippen MR) is 24.3 cm³/mol. The van der Waals surface area contributed by atoms with Crippen LogP contribution in [-0.4, -0.2) is 0 Å². The minimum absolute atomic E-state index is 1.75. The topological polar surface area (TPSA) is 39.4 Å². The molecule has 0 amide bonds. The molecule has 6 heavy (non-hydrogen) atoms. The largest absolute Gasteiger partial charge is 0.577 e. The number of halogens is 3. The van der Waals surface area contributed by atoms with Crippen molar-refractivity contribution in [3.63, 3.8) is 0 Å². The summed E-state index contributed by atoms with van der Waals surface area (Å²) in [5, 5.41) is 0. The van der Waals surface area contributed by atoms with Gasteiger partial charge in [-0.05, 0) is 0 Å². The van der Waals surface area contributed by atoms with Gasteiger partial charge in [0, 0.05) is 0 Å². The van der Waals surface area contributed by atoms with E-state index in [9.17, 15) is 0 Å². The Balaban J connectivity index is 0. The first-order chi connectivity index (χ1) is 2.73. The molecule has 0 bridgehead atoms. The van der Waals surface area contributed by atoms with Crippen LogP contribution in [-0.2, 0) is 13.0 Å². The van der Waals surface area contributed by atoms with E-state index >= 15 is 0 Å². The van der Waals surface area contributed by atoms with Gasteiger partial charge < -0.3 is 10.5 Å². The van der Waals surface area contributed by atoms with Crippen molar-refractivity contribution in [2.45, 2.75) is 0 Å². The molecule has 0 aromatic rings. The van der Waals surface area contributed by atoms with Crippen LogP contribution < -0.4 is 0 Å². The molecule has 2 nitrogen and oxygen atoms in total. The summed E-state index contributed by atoms with van der Waals surface area (Å²) in [4.78, 5) is 7.25. The number of hydrogen-bond donors (Lipinski definition) is 0. The monoisotopic (exact) mass is 237 g/mol. The molecule has 6 heteroatoms. The molecule has 0 heterocycles. The van der Waals surface area contributed by atoms with Crippen molar-refractivity contribution >= 4 is 29.1 Å². The maximum atomic E-state index is 7.25. The average Bonchev–Trinajstić information content (AvgIpc) is 1.41. The number of nitrogens with zero attached hydrogens (tertiary/aromatic N) is 1. The minimum atomic E-state index is -1.75. The second-order valence-electron chi connectivity index (χ2n) is 0.152. The van der Waals surface area contributed by atoms with E-state index in [-0.39, 0.29) is 0 Å². The summed E-state index contributed by atoms with van der Waals surface area (Å²) in [6.45, 7) is 0. The molecule has 0 aromatic heterocycles. The third kappa shape index (κ3) is 71.4. The van der Waals surface area contributed by atoms with Crippen molar-refractivity contribution in [1.82, 2.24) is 0 Å². The van der Waals surface area contributed by atoms with Gasteiger partial charge in [-0.1, -0.05) is 0 Å². The third-order valence-electron chi connectivity index (χ3n) is 0. The van der Waals surface area contributed by atoms with Crippen molar-refractivity contribution in [3.8, 4) is 0 Å². The Hall–Kier alpha value is 1.09. The van der Waals surface area contributed by atoms with Crippen LogP contribution >= 0.6 is 29.1 Å². The predicted octanol–water partition coefficient (Wildman–Crippen LogP) is 2.39.